The molecule has 7 N–H and O–H groups in total. The summed E-state index contributed by atoms with van der Waals surface area (Å²) >= 11 is 0. The summed E-state index contributed by atoms with van der Waals surface area (Å²) in [6.45, 7) is 26.6. The van der Waals surface area contributed by atoms with Crippen molar-refractivity contribution in [2.75, 3.05) is 69.7 Å². The molecule has 71 heavy (non-hydrogen) atoms. The zero-order chi connectivity index (χ0) is 53.7. The molecule has 4 rings (SSSR count). The van der Waals surface area contributed by atoms with E-state index >= 15 is 0 Å². The van der Waals surface area contributed by atoms with Crippen LogP contribution in [0.25, 0.3) is 22.3 Å². The lowest BCUT2D eigenvalue weighted by atomic mass is 10.1. The fourth-order valence-electron chi connectivity index (χ4n) is 6.70. The van der Waals surface area contributed by atoms with Gasteiger partial charge in [0.1, 0.15) is 47.5 Å². The molecule has 4 heterocycles. The van der Waals surface area contributed by atoms with E-state index in [4.69, 9.17) is 30.4 Å². The number of aromatic nitrogens is 8. The molecule has 25 nitrogen and oxygen atoms in total. The fourth-order valence-corrected chi connectivity index (χ4v) is 10.7. The van der Waals surface area contributed by atoms with Gasteiger partial charge in [-0.05, 0) is 82.1 Å². The summed E-state index contributed by atoms with van der Waals surface area (Å²) in [7, 11) is -7.44. The highest BCUT2D eigenvalue weighted by molar-refractivity contribution is 7.62. The highest BCUT2D eigenvalue weighted by Crippen LogP contribution is 2.44. The summed E-state index contributed by atoms with van der Waals surface area (Å²) < 4.78 is 51.6. The van der Waals surface area contributed by atoms with Crippen molar-refractivity contribution >= 4 is 72.5 Å². The Kier molecular flexibility index (Phi) is 25.1. The highest BCUT2D eigenvalue weighted by atomic mass is 31.2. The van der Waals surface area contributed by atoms with Crippen LogP contribution in [-0.2, 0) is 60.3 Å². The maximum Gasteiger partial charge on any atom is 0.326 e. The summed E-state index contributed by atoms with van der Waals surface area (Å²) in [6, 6.07) is 0. The van der Waals surface area contributed by atoms with Crippen LogP contribution >= 0.6 is 14.8 Å². The zero-order valence-electron chi connectivity index (χ0n) is 43.7. The quantitative estimate of drug-likeness (QED) is 0.0430. The van der Waals surface area contributed by atoms with Gasteiger partial charge in [-0.3, -0.25) is 23.7 Å². The molecule has 27 heteroatoms. The number of fused-ring (bicyclic) bond motifs is 2. The molecule has 0 saturated heterocycles. The molecule has 0 fully saturated rings. The number of nitrogen functional groups attached to an aromatic ring is 2. The van der Waals surface area contributed by atoms with E-state index in [2.05, 4.69) is 40.1 Å². The van der Waals surface area contributed by atoms with Gasteiger partial charge < -0.3 is 58.8 Å². The minimum Gasteiger partial charge on any atom is -0.464 e. The van der Waals surface area contributed by atoms with Crippen molar-refractivity contribution in [2.24, 2.45) is 0 Å². The van der Waals surface area contributed by atoms with Gasteiger partial charge in [0.2, 0.25) is 11.8 Å². The van der Waals surface area contributed by atoms with Gasteiger partial charge in [0.25, 0.3) is 7.52 Å². The predicted octanol–water partition coefficient (Wildman–Crippen LogP) is 4.39. The first-order valence-corrected chi connectivity index (χ1v) is 27.6. The Bertz CT molecular complexity index is 2430. The molecule has 4 aromatic heterocycles. The van der Waals surface area contributed by atoms with Crippen LogP contribution in [-0.4, -0.2) is 159 Å². The first-order chi connectivity index (χ1) is 33.2. The normalized spacial score (nSPS) is 14.2. The number of anilines is 2. The molecule has 0 radical (unpaired) electrons. The van der Waals surface area contributed by atoms with Crippen LogP contribution in [0, 0.1) is 0 Å². The van der Waals surface area contributed by atoms with Crippen molar-refractivity contribution in [3.8, 4) is 0 Å². The number of nitrogens with zero attached hydrogens (tertiary/aromatic N) is 10. The molecule has 0 aromatic carbocycles. The van der Waals surface area contributed by atoms with E-state index in [9.17, 15) is 33.2 Å². The molecular weight excluding hydrogens is 963 g/mol. The smallest absolute Gasteiger partial charge is 0.326 e. The molecule has 4 atom stereocenters. The van der Waals surface area contributed by atoms with Crippen molar-refractivity contribution in [1.29, 1.82) is 0 Å². The summed E-state index contributed by atoms with van der Waals surface area (Å²) in [6.07, 6.45) is 5.36. The molecule has 2 amide bonds. The SMILES string of the molecule is CCCOC(=O)C(C)(C)NP(=O)(CO[C@H](C)Cn1cnc2c(N)ncnc21)CC(=O)N(CC)CC.CCCOC(=O)C(C)(C)NP(=O)(O)CO[C@H](C)Cn1cnc2c(N)ncnc21.CCN(CC)C(C)=O. The van der Waals surface area contributed by atoms with Gasteiger partial charge in [0.15, 0.2) is 30.2 Å². The number of ether oxygens (including phenoxy) is 4. The third-order valence-electron chi connectivity index (χ3n) is 10.4. The second-order valence-electron chi connectivity index (χ2n) is 17.6. The molecule has 2 unspecified atom stereocenters. The topological polar surface area (TPSA) is 329 Å². The number of carbonyl (C=O) groups excluding carboxylic acids is 4. The summed E-state index contributed by atoms with van der Waals surface area (Å²) in [4.78, 5) is 86.0. The Morgan fingerprint density at radius 2 is 1.08 bits per heavy atom. The maximum absolute atomic E-state index is 14.0. The van der Waals surface area contributed by atoms with Gasteiger partial charge in [-0.1, -0.05) is 13.8 Å². The van der Waals surface area contributed by atoms with Crippen LogP contribution in [0.2, 0.25) is 0 Å². The lowest BCUT2D eigenvalue weighted by Crippen LogP contribution is -2.48. The number of nitrogens with one attached hydrogen (secondary N) is 2. The number of esters is 2. The molecule has 0 aliphatic carbocycles. The lowest BCUT2D eigenvalue weighted by Gasteiger charge is -2.31. The molecule has 400 valence electrons. The highest BCUT2D eigenvalue weighted by Gasteiger charge is 2.40. The Morgan fingerprint density at radius 3 is 1.46 bits per heavy atom. The van der Waals surface area contributed by atoms with Gasteiger partial charge in [-0.2, -0.15) is 0 Å². The molecular formula is C44H78N14O11P2. The second-order valence-corrected chi connectivity index (χ2v) is 22.1. The van der Waals surface area contributed by atoms with Crippen LogP contribution in [0.4, 0.5) is 11.6 Å². The van der Waals surface area contributed by atoms with Crippen LogP contribution < -0.4 is 21.6 Å². The Labute approximate surface area is 416 Å². The van der Waals surface area contributed by atoms with Gasteiger partial charge in [-0.15, -0.1) is 0 Å². The first kappa shape index (κ1) is 62.0. The molecule has 0 bridgehead atoms. The van der Waals surface area contributed by atoms with E-state index < -0.39 is 56.4 Å². The third kappa shape index (κ3) is 19.8. The number of hydrogen-bond donors (Lipinski definition) is 5. The summed E-state index contributed by atoms with van der Waals surface area (Å²) in [5.41, 5.74) is 11.1. The molecule has 4 aromatic rings. The molecule has 0 aliphatic rings. The van der Waals surface area contributed by atoms with E-state index in [-0.39, 0.29) is 49.2 Å². The van der Waals surface area contributed by atoms with Crippen molar-refractivity contribution < 1.29 is 52.1 Å². The Hall–Kier alpha value is -5.16. The monoisotopic (exact) mass is 1040 g/mol. The molecule has 0 saturated carbocycles. The third-order valence-corrected chi connectivity index (χ3v) is 14.1. The number of imidazole rings is 2. The number of carbonyl (C=O) groups is 4. The van der Waals surface area contributed by atoms with E-state index in [1.54, 1.807) is 59.3 Å². The van der Waals surface area contributed by atoms with Gasteiger partial charge >= 0.3 is 11.9 Å². The zero-order valence-corrected chi connectivity index (χ0v) is 45.5. The number of hydrogen-bond acceptors (Lipinski definition) is 18. The van der Waals surface area contributed by atoms with Crippen LogP contribution in [0.1, 0.15) is 103 Å². The molecule has 0 spiro atoms. The van der Waals surface area contributed by atoms with Crippen molar-refractivity contribution in [3.63, 3.8) is 0 Å². The average Bonchev–Trinajstić information content (AvgIpc) is 3.91. The lowest BCUT2D eigenvalue weighted by molar-refractivity contribution is -0.150. The molecule has 0 aliphatic heterocycles. The van der Waals surface area contributed by atoms with E-state index in [1.807, 2.05) is 48.5 Å². The maximum atomic E-state index is 14.0. The van der Waals surface area contributed by atoms with E-state index in [0.29, 0.717) is 61.3 Å². The largest absolute Gasteiger partial charge is 0.464 e. The Morgan fingerprint density at radius 1 is 0.676 bits per heavy atom. The van der Waals surface area contributed by atoms with Crippen molar-refractivity contribution in [3.05, 3.63) is 25.3 Å². The van der Waals surface area contributed by atoms with Crippen LogP contribution in [0.3, 0.4) is 0 Å². The minimum absolute atomic E-state index is 0.162. The standard InChI is InChI=1S/C22H38N7O5P.C16H27N6O5P.C6H13NO/c1-7-10-33-21(31)22(5,6)27-35(32,12-17(30)28(8-2)9-3)15-34-16(4)11-29-14-26-18-19(23)24-13-25-20(18)29;1-5-6-26-15(23)16(3,4)21-28(24,25)10-27-11(2)7-22-9-20-12-13(17)18-8-19-14(12)22;1-4-7(5-2)6(3)8/h13-14,16H,7-12,15H2,1-6H3,(H,27,32)(H2,23,24,25);8-9,11H,5-7,10H2,1-4H3,(H2,17,18,19)(H2,21,24,25);4-5H2,1-3H3/t16-,35?;11-;/m11./s1. The minimum atomic E-state index is -3.94. The second kappa shape index (κ2) is 28.8. The first-order valence-electron chi connectivity index (χ1n) is 23.7. The summed E-state index contributed by atoms with van der Waals surface area (Å²) in [5.74, 6) is -0.687. The van der Waals surface area contributed by atoms with E-state index in [1.165, 1.54) is 26.5 Å². The predicted molar refractivity (Wildman–Crippen MR) is 271 cm³/mol. The fraction of sp³-hybridized carbons (Fsp3) is 0.682. The summed E-state index contributed by atoms with van der Waals surface area (Å²) in [5, 5.41) is 5.36. The van der Waals surface area contributed by atoms with Crippen LogP contribution in [0.5, 0.6) is 0 Å². The number of rotatable bonds is 26. The average molecular weight is 1040 g/mol. The van der Waals surface area contributed by atoms with Gasteiger partial charge in [0.05, 0.1) is 57.3 Å². The van der Waals surface area contributed by atoms with Crippen molar-refractivity contribution in [2.45, 2.75) is 139 Å². The van der Waals surface area contributed by atoms with Crippen LogP contribution in [0.15, 0.2) is 25.3 Å². The number of nitrogens with two attached hydrogens (primary N) is 2. The van der Waals surface area contributed by atoms with Gasteiger partial charge in [0, 0.05) is 33.1 Å². The van der Waals surface area contributed by atoms with Crippen molar-refractivity contribution in [1.82, 2.24) is 59.0 Å². The Balaban J connectivity index is 0.000000429. The number of amides is 2. The van der Waals surface area contributed by atoms with Gasteiger partial charge in [-0.25, -0.2) is 40.1 Å². The van der Waals surface area contributed by atoms with E-state index in [0.717, 1.165) is 13.1 Å².